The molecule has 3 aromatic rings. The summed E-state index contributed by atoms with van der Waals surface area (Å²) in [5.41, 5.74) is 2.99. The Bertz CT molecular complexity index is 1090. The van der Waals surface area contributed by atoms with Crippen LogP contribution >= 0.6 is 0 Å². The molecule has 4 rings (SSSR count). The van der Waals surface area contributed by atoms with Crippen molar-refractivity contribution in [2.45, 2.75) is 18.8 Å². The van der Waals surface area contributed by atoms with E-state index in [0.717, 1.165) is 12.0 Å². The van der Waals surface area contributed by atoms with Crippen LogP contribution in [0.4, 0.5) is 10.5 Å². The number of benzene rings is 3. The zero-order valence-electron chi connectivity index (χ0n) is 19.4. The third kappa shape index (κ3) is 6.16. The van der Waals surface area contributed by atoms with E-state index in [2.05, 4.69) is 34.9 Å². The molecule has 6 nitrogen and oxygen atoms in total. The lowest BCUT2D eigenvalue weighted by atomic mass is 9.84. The van der Waals surface area contributed by atoms with E-state index in [1.807, 2.05) is 54.6 Å². The third-order valence-electron chi connectivity index (χ3n) is 6.26. The number of amides is 3. The molecule has 6 heteroatoms. The lowest BCUT2D eigenvalue weighted by Gasteiger charge is -2.37. The molecule has 3 aromatic carbocycles. The van der Waals surface area contributed by atoms with E-state index in [1.54, 1.807) is 18.1 Å². The van der Waals surface area contributed by atoms with E-state index in [0.29, 0.717) is 37.5 Å². The Morgan fingerprint density at radius 3 is 2.41 bits per heavy atom. The van der Waals surface area contributed by atoms with Crippen LogP contribution in [0.25, 0.3) is 0 Å². The van der Waals surface area contributed by atoms with Crippen LogP contribution in [-0.4, -0.2) is 43.6 Å². The second-order valence-corrected chi connectivity index (χ2v) is 8.63. The zero-order valence-corrected chi connectivity index (χ0v) is 19.4. The van der Waals surface area contributed by atoms with Gasteiger partial charge in [0.05, 0.1) is 13.0 Å². The fourth-order valence-corrected chi connectivity index (χ4v) is 4.44. The fourth-order valence-electron chi connectivity index (χ4n) is 4.44. The van der Waals surface area contributed by atoms with Gasteiger partial charge in [-0.2, -0.15) is 0 Å². The van der Waals surface area contributed by atoms with E-state index in [1.165, 1.54) is 5.56 Å². The van der Waals surface area contributed by atoms with Crippen molar-refractivity contribution in [1.82, 2.24) is 10.2 Å². The van der Waals surface area contributed by atoms with Crippen LogP contribution in [-0.2, 0) is 11.2 Å². The molecular weight excluding hydrogens is 426 g/mol. The monoisotopic (exact) mass is 457 g/mol. The summed E-state index contributed by atoms with van der Waals surface area (Å²) in [5.74, 6) is 0.492. The van der Waals surface area contributed by atoms with E-state index >= 15 is 0 Å². The van der Waals surface area contributed by atoms with Crippen molar-refractivity contribution in [3.05, 3.63) is 96.1 Å². The number of anilines is 1. The Balaban J connectivity index is 1.44. The van der Waals surface area contributed by atoms with Crippen molar-refractivity contribution in [3.63, 3.8) is 0 Å². The molecular formula is C28H31N3O3. The highest BCUT2D eigenvalue weighted by Gasteiger charge is 2.34. The van der Waals surface area contributed by atoms with Crippen molar-refractivity contribution < 1.29 is 14.3 Å². The predicted molar refractivity (Wildman–Crippen MR) is 134 cm³/mol. The van der Waals surface area contributed by atoms with Gasteiger partial charge in [0.15, 0.2) is 0 Å². The van der Waals surface area contributed by atoms with Gasteiger partial charge in [0.25, 0.3) is 0 Å². The van der Waals surface area contributed by atoms with Crippen molar-refractivity contribution >= 4 is 17.6 Å². The van der Waals surface area contributed by atoms with Crippen molar-refractivity contribution in [2.24, 2.45) is 5.92 Å². The first-order valence-corrected chi connectivity index (χ1v) is 11.7. The number of nitrogens with zero attached hydrogens (tertiary/aromatic N) is 1. The van der Waals surface area contributed by atoms with Crippen LogP contribution in [0.1, 0.15) is 23.5 Å². The van der Waals surface area contributed by atoms with Gasteiger partial charge in [-0.15, -0.1) is 0 Å². The van der Waals surface area contributed by atoms with E-state index in [9.17, 15) is 9.59 Å². The molecule has 1 saturated heterocycles. The Labute approximate surface area is 200 Å². The molecule has 0 aromatic heterocycles. The summed E-state index contributed by atoms with van der Waals surface area (Å²) in [4.78, 5) is 28.0. The van der Waals surface area contributed by atoms with Gasteiger partial charge in [-0.25, -0.2) is 4.79 Å². The number of piperidine rings is 1. The minimum Gasteiger partial charge on any atom is -0.497 e. The van der Waals surface area contributed by atoms with Gasteiger partial charge in [-0.1, -0.05) is 66.7 Å². The average Bonchev–Trinajstić information content (AvgIpc) is 2.89. The summed E-state index contributed by atoms with van der Waals surface area (Å²) >= 11 is 0. The lowest BCUT2D eigenvalue weighted by molar-refractivity contribution is -0.126. The van der Waals surface area contributed by atoms with Gasteiger partial charge in [0, 0.05) is 37.3 Å². The van der Waals surface area contributed by atoms with Crippen LogP contribution in [0.3, 0.4) is 0 Å². The molecule has 0 radical (unpaired) electrons. The molecule has 176 valence electrons. The Kier molecular flexibility index (Phi) is 7.81. The second-order valence-electron chi connectivity index (χ2n) is 8.63. The number of hydrogen-bond acceptors (Lipinski definition) is 3. The highest BCUT2D eigenvalue weighted by atomic mass is 16.5. The molecule has 3 amide bonds. The van der Waals surface area contributed by atoms with Gasteiger partial charge in [0.2, 0.25) is 5.91 Å². The largest absolute Gasteiger partial charge is 0.497 e. The topological polar surface area (TPSA) is 70.7 Å². The van der Waals surface area contributed by atoms with Crippen LogP contribution in [0.2, 0.25) is 0 Å². The number of hydrogen-bond donors (Lipinski definition) is 2. The molecule has 2 N–H and O–H groups in total. The van der Waals surface area contributed by atoms with Crippen LogP contribution < -0.4 is 15.4 Å². The van der Waals surface area contributed by atoms with Crippen LogP contribution in [0, 0.1) is 5.92 Å². The molecule has 2 unspecified atom stereocenters. The minimum absolute atomic E-state index is 0.00394. The van der Waals surface area contributed by atoms with Crippen molar-refractivity contribution in [1.29, 1.82) is 0 Å². The van der Waals surface area contributed by atoms with Gasteiger partial charge >= 0.3 is 6.03 Å². The van der Waals surface area contributed by atoms with E-state index in [-0.39, 0.29) is 23.8 Å². The first-order chi connectivity index (χ1) is 16.6. The number of likely N-dealkylation sites (tertiary alicyclic amines) is 1. The first-order valence-electron chi connectivity index (χ1n) is 11.7. The summed E-state index contributed by atoms with van der Waals surface area (Å²) < 4.78 is 5.26. The summed E-state index contributed by atoms with van der Waals surface area (Å²) in [6, 6.07) is 27.3. The van der Waals surface area contributed by atoms with Crippen molar-refractivity contribution in [2.75, 3.05) is 32.1 Å². The van der Waals surface area contributed by atoms with Crippen LogP contribution in [0.5, 0.6) is 5.75 Å². The molecule has 1 fully saturated rings. The number of methoxy groups -OCH3 is 1. The minimum atomic E-state index is -0.272. The molecule has 1 heterocycles. The Morgan fingerprint density at radius 1 is 0.941 bits per heavy atom. The summed E-state index contributed by atoms with van der Waals surface area (Å²) in [7, 11) is 1.59. The lowest BCUT2D eigenvalue weighted by Crippen LogP contribution is -2.49. The Morgan fingerprint density at radius 2 is 1.68 bits per heavy atom. The highest BCUT2D eigenvalue weighted by Crippen LogP contribution is 2.31. The zero-order chi connectivity index (χ0) is 23.8. The maximum atomic E-state index is 13.2. The normalized spacial score (nSPS) is 17.6. The molecule has 34 heavy (non-hydrogen) atoms. The molecule has 0 saturated carbocycles. The first kappa shape index (κ1) is 23.4. The summed E-state index contributed by atoms with van der Waals surface area (Å²) in [6.07, 6.45) is 1.49. The maximum absolute atomic E-state index is 13.2. The predicted octanol–water partition coefficient (Wildman–Crippen LogP) is 4.69. The highest BCUT2D eigenvalue weighted by molar-refractivity contribution is 5.90. The summed E-state index contributed by atoms with van der Waals surface area (Å²) in [5, 5.41) is 6.04. The molecule has 0 spiro atoms. The fraction of sp³-hybridized carbons (Fsp3) is 0.286. The van der Waals surface area contributed by atoms with E-state index < -0.39 is 0 Å². The molecule has 1 aliphatic heterocycles. The van der Waals surface area contributed by atoms with E-state index in [4.69, 9.17) is 4.74 Å². The second kappa shape index (κ2) is 11.4. The average molecular weight is 458 g/mol. The van der Waals surface area contributed by atoms with Gasteiger partial charge < -0.3 is 20.3 Å². The number of carbonyl (C=O) groups is 2. The van der Waals surface area contributed by atoms with Crippen molar-refractivity contribution in [3.8, 4) is 5.75 Å². The SMILES string of the molecule is COc1cccc(NC(=O)N2CC(C(=O)NCCc3ccccc3)CC(c3ccccc3)C2)c1. The van der Waals surface area contributed by atoms with Gasteiger partial charge in [-0.3, -0.25) is 4.79 Å². The number of rotatable bonds is 7. The quantitative estimate of drug-likeness (QED) is 0.541. The standard InChI is InChI=1S/C28H31N3O3/c1-34-26-14-8-13-25(18-26)30-28(33)31-19-23(22-11-6-3-7-12-22)17-24(20-31)27(32)29-16-15-21-9-4-2-5-10-21/h2-14,18,23-24H,15-17,19-20H2,1H3,(H,29,32)(H,30,33). The number of nitrogens with one attached hydrogen (secondary N) is 2. The van der Waals surface area contributed by atoms with Crippen LogP contribution in [0.15, 0.2) is 84.9 Å². The smallest absolute Gasteiger partial charge is 0.321 e. The molecule has 0 aliphatic carbocycles. The number of urea groups is 1. The Hall–Kier alpha value is -3.80. The maximum Gasteiger partial charge on any atom is 0.321 e. The van der Waals surface area contributed by atoms with Gasteiger partial charge in [0.1, 0.15) is 5.75 Å². The molecule has 0 bridgehead atoms. The number of carbonyl (C=O) groups excluding carboxylic acids is 2. The van der Waals surface area contributed by atoms with Gasteiger partial charge in [-0.05, 0) is 36.1 Å². The third-order valence-corrected chi connectivity index (χ3v) is 6.26. The molecule has 2 atom stereocenters. The summed E-state index contributed by atoms with van der Waals surface area (Å²) in [6.45, 7) is 1.52. The molecule has 1 aliphatic rings. The number of ether oxygens (including phenoxy) is 1.